The summed E-state index contributed by atoms with van der Waals surface area (Å²) in [4.78, 5) is 28.7. The molecule has 1 heterocycles. The van der Waals surface area contributed by atoms with E-state index in [0.717, 1.165) is 16.9 Å². The molecule has 5 nitrogen and oxygen atoms in total. The van der Waals surface area contributed by atoms with E-state index in [4.69, 9.17) is 16.3 Å². The van der Waals surface area contributed by atoms with Gasteiger partial charge < -0.3 is 14.5 Å². The number of methoxy groups -OCH3 is 1. The first-order valence-corrected chi connectivity index (χ1v) is 9.36. The average molecular weight is 387 g/mol. The van der Waals surface area contributed by atoms with E-state index in [1.807, 2.05) is 41.3 Å². The van der Waals surface area contributed by atoms with Gasteiger partial charge in [0.1, 0.15) is 5.75 Å². The fourth-order valence-electron chi connectivity index (χ4n) is 3.16. The van der Waals surface area contributed by atoms with Crippen molar-refractivity contribution in [1.82, 2.24) is 9.80 Å². The summed E-state index contributed by atoms with van der Waals surface area (Å²) in [6.45, 7) is 2.06. The van der Waals surface area contributed by atoms with E-state index in [2.05, 4.69) is 0 Å². The summed E-state index contributed by atoms with van der Waals surface area (Å²) >= 11 is 5.89. The lowest BCUT2D eigenvalue weighted by Crippen LogP contribution is -2.36. The number of halogens is 1. The third-order valence-electron chi connectivity index (χ3n) is 4.72. The highest BCUT2D eigenvalue weighted by Crippen LogP contribution is 2.17. The molecule has 0 bridgehead atoms. The fourth-order valence-corrected chi connectivity index (χ4v) is 3.29. The minimum atomic E-state index is 0.0355. The molecule has 27 heavy (non-hydrogen) atoms. The van der Waals surface area contributed by atoms with Crippen LogP contribution < -0.4 is 4.74 Å². The van der Waals surface area contributed by atoms with Crippen LogP contribution >= 0.6 is 11.6 Å². The lowest BCUT2D eigenvalue weighted by Gasteiger charge is -2.22. The molecule has 0 atom stereocenters. The second-order valence-corrected chi connectivity index (χ2v) is 7.04. The van der Waals surface area contributed by atoms with Crippen molar-refractivity contribution in [2.24, 2.45) is 0 Å². The maximum Gasteiger partial charge on any atom is 0.227 e. The average Bonchev–Trinajstić information content (AvgIpc) is 2.86. The zero-order valence-corrected chi connectivity index (χ0v) is 16.1. The summed E-state index contributed by atoms with van der Waals surface area (Å²) in [6.07, 6.45) is 0.664. The number of benzene rings is 2. The third kappa shape index (κ3) is 5.23. The molecule has 1 aliphatic heterocycles. The van der Waals surface area contributed by atoms with Crippen LogP contribution in [0.5, 0.6) is 5.75 Å². The molecule has 142 valence electrons. The van der Waals surface area contributed by atoms with Gasteiger partial charge in [0.2, 0.25) is 11.8 Å². The van der Waals surface area contributed by atoms with Gasteiger partial charge in [-0.05, 0) is 35.4 Å². The van der Waals surface area contributed by atoms with Gasteiger partial charge in [-0.3, -0.25) is 9.59 Å². The summed E-state index contributed by atoms with van der Waals surface area (Å²) in [5.74, 6) is 0.877. The van der Waals surface area contributed by atoms with E-state index in [0.29, 0.717) is 44.0 Å². The number of hydrogen-bond donors (Lipinski definition) is 0. The second kappa shape index (κ2) is 8.91. The van der Waals surface area contributed by atoms with E-state index in [1.165, 1.54) is 0 Å². The number of rotatable bonds is 5. The highest BCUT2D eigenvalue weighted by Gasteiger charge is 2.24. The molecular weight excluding hydrogens is 364 g/mol. The number of hydrogen-bond acceptors (Lipinski definition) is 3. The Balaban J connectivity index is 1.60. The zero-order valence-electron chi connectivity index (χ0n) is 15.4. The molecule has 0 saturated carbocycles. The van der Waals surface area contributed by atoms with Crippen LogP contribution in [0.4, 0.5) is 0 Å². The van der Waals surface area contributed by atoms with Gasteiger partial charge in [0, 0.05) is 37.6 Å². The van der Waals surface area contributed by atoms with Crippen LogP contribution in [0.2, 0.25) is 5.02 Å². The number of carbonyl (C=O) groups is 2. The Morgan fingerprint density at radius 2 is 1.85 bits per heavy atom. The van der Waals surface area contributed by atoms with Crippen LogP contribution in [0.3, 0.4) is 0 Å². The minimum Gasteiger partial charge on any atom is -0.497 e. The van der Waals surface area contributed by atoms with Crippen LogP contribution in [0.25, 0.3) is 0 Å². The molecule has 0 unspecified atom stereocenters. The molecule has 0 aliphatic carbocycles. The number of nitrogens with zero attached hydrogens (tertiary/aromatic N) is 2. The van der Waals surface area contributed by atoms with Crippen molar-refractivity contribution in [2.75, 3.05) is 26.7 Å². The molecular formula is C21H23ClN2O3. The number of carbonyl (C=O) groups excluding carboxylic acids is 2. The molecule has 3 rings (SSSR count). The molecule has 0 spiro atoms. The molecule has 1 aliphatic rings. The largest absolute Gasteiger partial charge is 0.497 e. The first-order chi connectivity index (χ1) is 13.0. The highest BCUT2D eigenvalue weighted by atomic mass is 35.5. The maximum atomic E-state index is 12.6. The van der Waals surface area contributed by atoms with E-state index in [-0.39, 0.29) is 11.8 Å². The summed E-state index contributed by atoms with van der Waals surface area (Å²) in [6, 6.07) is 15.0. The molecule has 6 heteroatoms. The van der Waals surface area contributed by atoms with Gasteiger partial charge in [-0.15, -0.1) is 0 Å². The van der Waals surface area contributed by atoms with Gasteiger partial charge in [0.05, 0.1) is 13.5 Å². The van der Waals surface area contributed by atoms with Gasteiger partial charge in [-0.25, -0.2) is 0 Å². The van der Waals surface area contributed by atoms with Crippen LogP contribution in [0.1, 0.15) is 17.5 Å². The van der Waals surface area contributed by atoms with E-state index >= 15 is 0 Å². The van der Waals surface area contributed by atoms with Crippen molar-refractivity contribution in [3.8, 4) is 5.75 Å². The Morgan fingerprint density at radius 1 is 1.07 bits per heavy atom. The smallest absolute Gasteiger partial charge is 0.227 e. The van der Waals surface area contributed by atoms with Gasteiger partial charge in [0.25, 0.3) is 0 Å². The zero-order chi connectivity index (χ0) is 19.2. The van der Waals surface area contributed by atoms with Gasteiger partial charge in [-0.2, -0.15) is 0 Å². The monoisotopic (exact) mass is 386 g/mol. The Hall–Kier alpha value is -2.53. The van der Waals surface area contributed by atoms with Crippen LogP contribution in [-0.2, 0) is 22.6 Å². The Labute approximate surface area is 164 Å². The molecule has 2 amide bonds. The van der Waals surface area contributed by atoms with E-state index in [9.17, 15) is 9.59 Å². The quantitative estimate of drug-likeness (QED) is 0.793. The van der Waals surface area contributed by atoms with Crippen LogP contribution in [0, 0.1) is 0 Å². The van der Waals surface area contributed by atoms with Gasteiger partial charge in [-0.1, -0.05) is 35.9 Å². The maximum absolute atomic E-state index is 12.6. The summed E-state index contributed by atoms with van der Waals surface area (Å²) in [7, 11) is 1.63. The van der Waals surface area contributed by atoms with E-state index in [1.54, 1.807) is 24.1 Å². The molecule has 2 aromatic rings. The fraction of sp³-hybridized carbons (Fsp3) is 0.333. The summed E-state index contributed by atoms with van der Waals surface area (Å²) < 4.78 is 5.24. The standard InChI is InChI=1S/C21H23ClN2O3/c1-27-19-4-2-3-17(13-19)15-24-12-11-23(10-9-20(24)25)21(26)14-16-5-7-18(22)8-6-16/h2-8,13H,9-12,14-15H2,1H3. The summed E-state index contributed by atoms with van der Waals surface area (Å²) in [5.41, 5.74) is 1.94. The SMILES string of the molecule is COc1cccc(CN2CCN(C(=O)Cc3ccc(Cl)cc3)CCC2=O)c1. The predicted molar refractivity (Wildman–Crippen MR) is 105 cm³/mol. The second-order valence-electron chi connectivity index (χ2n) is 6.60. The molecule has 0 aromatic heterocycles. The van der Waals surface area contributed by atoms with Crippen molar-refractivity contribution in [3.05, 3.63) is 64.7 Å². The lowest BCUT2D eigenvalue weighted by molar-refractivity contribution is -0.130. The Morgan fingerprint density at radius 3 is 2.59 bits per heavy atom. The minimum absolute atomic E-state index is 0.0355. The molecule has 0 N–H and O–H groups in total. The first kappa shape index (κ1) is 19.2. The van der Waals surface area contributed by atoms with Crippen molar-refractivity contribution >= 4 is 23.4 Å². The normalized spacial score (nSPS) is 14.8. The number of amides is 2. The molecule has 0 radical (unpaired) electrons. The topological polar surface area (TPSA) is 49.9 Å². The van der Waals surface area contributed by atoms with Gasteiger partial charge >= 0.3 is 0 Å². The number of ether oxygens (including phenoxy) is 1. The van der Waals surface area contributed by atoms with Crippen molar-refractivity contribution in [1.29, 1.82) is 0 Å². The molecule has 1 saturated heterocycles. The first-order valence-electron chi connectivity index (χ1n) is 8.98. The van der Waals surface area contributed by atoms with E-state index < -0.39 is 0 Å². The predicted octanol–water partition coefficient (Wildman–Crippen LogP) is 3.15. The Kier molecular flexibility index (Phi) is 6.35. The molecule has 2 aromatic carbocycles. The van der Waals surface area contributed by atoms with Gasteiger partial charge in [0.15, 0.2) is 0 Å². The van der Waals surface area contributed by atoms with Crippen molar-refractivity contribution in [2.45, 2.75) is 19.4 Å². The highest BCUT2D eigenvalue weighted by molar-refractivity contribution is 6.30. The van der Waals surface area contributed by atoms with Crippen LogP contribution in [0.15, 0.2) is 48.5 Å². The summed E-state index contributed by atoms with van der Waals surface area (Å²) in [5, 5.41) is 0.653. The Bertz CT molecular complexity index is 807. The van der Waals surface area contributed by atoms with Crippen molar-refractivity contribution < 1.29 is 14.3 Å². The van der Waals surface area contributed by atoms with Crippen LogP contribution in [-0.4, -0.2) is 48.4 Å². The third-order valence-corrected chi connectivity index (χ3v) is 4.97. The molecule has 1 fully saturated rings. The lowest BCUT2D eigenvalue weighted by atomic mass is 10.1. The van der Waals surface area contributed by atoms with Crippen molar-refractivity contribution in [3.63, 3.8) is 0 Å².